The molecule has 0 aliphatic carbocycles. The molecule has 3 rings (SSSR count). The Hall–Kier alpha value is -2.51. The van der Waals surface area contributed by atoms with Gasteiger partial charge in [-0.25, -0.2) is 0 Å². The molecule has 5 nitrogen and oxygen atoms in total. The van der Waals surface area contributed by atoms with Crippen molar-refractivity contribution in [3.8, 4) is 5.75 Å². The molecule has 1 saturated heterocycles. The Labute approximate surface area is 164 Å². The van der Waals surface area contributed by atoms with E-state index in [1.165, 1.54) is 18.1 Å². The molecule has 2 aromatic carbocycles. The number of ether oxygens (including phenoxy) is 1. The number of anilines is 1. The molecule has 0 radical (unpaired) electrons. The fourth-order valence-electron chi connectivity index (χ4n) is 2.69. The van der Waals surface area contributed by atoms with Gasteiger partial charge < -0.3 is 4.74 Å². The van der Waals surface area contributed by atoms with Crippen molar-refractivity contribution in [1.29, 1.82) is 0 Å². The topological polar surface area (TPSA) is 58.6 Å². The molecule has 2 amide bonds. The summed E-state index contributed by atoms with van der Waals surface area (Å²) in [5, 5.41) is 2.64. The van der Waals surface area contributed by atoms with Crippen molar-refractivity contribution in [2.75, 3.05) is 12.0 Å². The van der Waals surface area contributed by atoms with Crippen LogP contribution in [0.5, 0.6) is 5.75 Å². The Bertz CT molecular complexity index is 956. The first-order valence-electron chi connectivity index (χ1n) is 7.73. The second-order valence-electron chi connectivity index (χ2n) is 5.63. The van der Waals surface area contributed by atoms with Gasteiger partial charge in [-0.15, -0.1) is 0 Å². The standard InChI is InChI=1S/C19H15BrN2O3S/c1-11-9-13(20)7-8-15(11)22-18(24)14(17(23)21-19(22)26)10-12-5-3-4-6-16(12)25-2/h3-10H,1-2H3,(H,21,23,26). The summed E-state index contributed by atoms with van der Waals surface area (Å²) in [6.45, 7) is 1.87. The fraction of sp³-hybridized carbons (Fsp3) is 0.105. The number of hydrogen-bond donors (Lipinski definition) is 1. The highest BCUT2D eigenvalue weighted by atomic mass is 79.9. The lowest BCUT2D eigenvalue weighted by Gasteiger charge is -2.30. The highest BCUT2D eigenvalue weighted by molar-refractivity contribution is 9.10. The number of thiocarbonyl (C=S) groups is 1. The van der Waals surface area contributed by atoms with Gasteiger partial charge in [0.05, 0.1) is 12.8 Å². The Morgan fingerprint density at radius 2 is 1.92 bits per heavy atom. The summed E-state index contributed by atoms with van der Waals surface area (Å²) >= 11 is 8.63. The van der Waals surface area contributed by atoms with E-state index in [9.17, 15) is 9.59 Å². The number of methoxy groups -OCH3 is 1. The highest BCUT2D eigenvalue weighted by Crippen LogP contribution is 2.28. The number of nitrogens with one attached hydrogen (secondary N) is 1. The van der Waals surface area contributed by atoms with Crippen LogP contribution in [0.2, 0.25) is 0 Å². The molecule has 1 fully saturated rings. The molecule has 1 aliphatic rings. The van der Waals surface area contributed by atoms with E-state index in [4.69, 9.17) is 17.0 Å². The maximum absolute atomic E-state index is 13.0. The Morgan fingerprint density at radius 1 is 1.19 bits per heavy atom. The van der Waals surface area contributed by atoms with Crippen molar-refractivity contribution < 1.29 is 14.3 Å². The number of nitrogens with zero attached hydrogens (tertiary/aromatic N) is 1. The number of benzene rings is 2. The normalized spacial score (nSPS) is 16.0. The molecular formula is C19H15BrN2O3S. The van der Waals surface area contributed by atoms with E-state index in [2.05, 4.69) is 21.2 Å². The summed E-state index contributed by atoms with van der Waals surface area (Å²) in [6, 6.07) is 12.6. The first kappa shape index (κ1) is 18.3. The van der Waals surface area contributed by atoms with Gasteiger partial charge in [0.25, 0.3) is 11.8 Å². The van der Waals surface area contributed by atoms with Crippen molar-refractivity contribution in [2.24, 2.45) is 0 Å². The summed E-state index contributed by atoms with van der Waals surface area (Å²) in [5.74, 6) is -0.438. The highest BCUT2D eigenvalue weighted by Gasteiger charge is 2.35. The van der Waals surface area contributed by atoms with Crippen molar-refractivity contribution in [2.45, 2.75) is 6.92 Å². The maximum atomic E-state index is 13.0. The summed E-state index contributed by atoms with van der Waals surface area (Å²) in [7, 11) is 1.53. The average Bonchev–Trinajstić information content (AvgIpc) is 2.60. The molecule has 0 atom stereocenters. The van der Waals surface area contributed by atoms with Crippen LogP contribution < -0.4 is 15.0 Å². The van der Waals surface area contributed by atoms with Crippen LogP contribution >= 0.6 is 28.1 Å². The van der Waals surface area contributed by atoms with E-state index >= 15 is 0 Å². The monoisotopic (exact) mass is 430 g/mol. The van der Waals surface area contributed by atoms with Gasteiger partial charge in [-0.1, -0.05) is 34.1 Å². The Balaban J connectivity index is 2.07. The largest absolute Gasteiger partial charge is 0.496 e. The van der Waals surface area contributed by atoms with Gasteiger partial charge in [0.15, 0.2) is 5.11 Å². The quantitative estimate of drug-likeness (QED) is 0.459. The van der Waals surface area contributed by atoms with Gasteiger partial charge in [0.1, 0.15) is 11.3 Å². The van der Waals surface area contributed by atoms with Crippen molar-refractivity contribution in [3.05, 3.63) is 63.6 Å². The number of halogens is 1. The molecule has 0 bridgehead atoms. The molecule has 1 N–H and O–H groups in total. The number of aryl methyl sites for hydroxylation is 1. The van der Waals surface area contributed by atoms with Gasteiger partial charge in [-0.05, 0) is 55.0 Å². The van der Waals surface area contributed by atoms with E-state index in [1.54, 1.807) is 24.3 Å². The number of carbonyl (C=O) groups excluding carboxylic acids is 2. The number of amides is 2. The molecule has 1 heterocycles. The van der Waals surface area contributed by atoms with Gasteiger partial charge in [0.2, 0.25) is 0 Å². The zero-order valence-corrected chi connectivity index (χ0v) is 16.5. The second-order valence-corrected chi connectivity index (χ2v) is 6.93. The van der Waals surface area contributed by atoms with E-state index in [0.717, 1.165) is 10.0 Å². The molecule has 1 aliphatic heterocycles. The van der Waals surface area contributed by atoms with Crippen molar-refractivity contribution in [1.82, 2.24) is 5.32 Å². The number of para-hydroxylation sites is 1. The average molecular weight is 431 g/mol. The second kappa shape index (κ2) is 7.39. The molecule has 0 saturated carbocycles. The minimum absolute atomic E-state index is 0.00887. The van der Waals surface area contributed by atoms with Crippen LogP contribution in [-0.2, 0) is 9.59 Å². The predicted molar refractivity (Wildman–Crippen MR) is 108 cm³/mol. The number of hydrogen-bond acceptors (Lipinski definition) is 4. The van der Waals surface area contributed by atoms with Crippen LogP contribution in [0.25, 0.3) is 6.08 Å². The van der Waals surface area contributed by atoms with Crippen LogP contribution in [0, 0.1) is 6.92 Å². The van der Waals surface area contributed by atoms with Gasteiger partial charge in [-0.2, -0.15) is 0 Å². The first-order chi connectivity index (χ1) is 12.4. The smallest absolute Gasteiger partial charge is 0.270 e. The molecule has 2 aromatic rings. The van der Waals surface area contributed by atoms with E-state index in [1.807, 2.05) is 25.1 Å². The third-order valence-corrected chi connectivity index (χ3v) is 4.72. The zero-order chi connectivity index (χ0) is 18.8. The molecule has 132 valence electrons. The summed E-state index contributed by atoms with van der Waals surface area (Å²) in [6.07, 6.45) is 1.51. The van der Waals surface area contributed by atoms with Crippen LogP contribution in [0.1, 0.15) is 11.1 Å². The molecule has 0 unspecified atom stereocenters. The van der Waals surface area contributed by atoms with Crippen LogP contribution in [0.15, 0.2) is 52.5 Å². The molecule has 0 spiro atoms. The minimum atomic E-state index is -0.531. The lowest BCUT2D eigenvalue weighted by atomic mass is 10.1. The Kier molecular flexibility index (Phi) is 5.20. The predicted octanol–water partition coefficient (Wildman–Crippen LogP) is 3.60. The molecule has 26 heavy (non-hydrogen) atoms. The zero-order valence-electron chi connectivity index (χ0n) is 14.1. The first-order valence-corrected chi connectivity index (χ1v) is 8.93. The summed E-state index contributed by atoms with van der Waals surface area (Å²) < 4.78 is 6.18. The van der Waals surface area contributed by atoms with E-state index < -0.39 is 11.8 Å². The lowest BCUT2D eigenvalue weighted by molar-refractivity contribution is -0.122. The lowest BCUT2D eigenvalue weighted by Crippen LogP contribution is -2.54. The fourth-order valence-corrected chi connectivity index (χ4v) is 3.44. The van der Waals surface area contributed by atoms with Crippen LogP contribution in [0.3, 0.4) is 0 Å². The summed E-state index contributed by atoms with van der Waals surface area (Å²) in [5.41, 5.74) is 2.09. The third-order valence-electron chi connectivity index (χ3n) is 3.94. The number of carbonyl (C=O) groups is 2. The minimum Gasteiger partial charge on any atom is -0.496 e. The maximum Gasteiger partial charge on any atom is 0.270 e. The van der Waals surface area contributed by atoms with Gasteiger partial charge in [0, 0.05) is 10.0 Å². The van der Waals surface area contributed by atoms with Gasteiger partial charge in [-0.3, -0.25) is 19.8 Å². The van der Waals surface area contributed by atoms with Crippen molar-refractivity contribution >= 4 is 56.8 Å². The molecule has 7 heteroatoms. The SMILES string of the molecule is COc1ccccc1C=C1C(=O)NC(=S)N(c2ccc(Br)cc2C)C1=O. The third kappa shape index (κ3) is 3.40. The van der Waals surface area contributed by atoms with Crippen molar-refractivity contribution in [3.63, 3.8) is 0 Å². The molecule has 0 aromatic heterocycles. The Morgan fingerprint density at radius 3 is 2.62 bits per heavy atom. The van der Waals surface area contributed by atoms with Gasteiger partial charge >= 0.3 is 0 Å². The van der Waals surface area contributed by atoms with E-state index in [0.29, 0.717) is 17.0 Å². The van der Waals surface area contributed by atoms with Crippen LogP contribution in [0.4, 0.5) is 5.69 Å². The molecular weight excluding hydrogens is 416 g/mol. The van der Waals surface area contributed by atoms with Crippen LogP contribution in [-0.4, -0.2) is 24.0 Å². The van der Waals surface area contributed by atoms with E-state index in [-0.39, 0.29) is 10.7 Å². The number of rotatable bonds is 3. The summed E-state index contributed by atoms with van der Waals surface area (Å²) in [4.78, 5) is 26.8.